The van der Waals surface area contributed by atoms with E-state index in [-0.39, 0.29) is 11.6 Å². The second kappa shape index (κ2) is 5.00. The Bertz CT molecular complexity index is 761. The van der Waals surface area contributed by atoms with E-state index in [1.54, 1.807) is 12.1 Å². The largest absolute Gasteiger partial charge is 0.494 e. The average molecular weight is 269 g/mol. The SMILES string of the molecule is COc1cccc(Cn2ccc3ccc(C)cc32)c1F. The van der Waals surface area contributed by atoms with Crippen LogP contribution in [0.15, 0.2) is 48.7 Å². The predicted octanol–water partition coefficient (Wildman–Crippen LogP) is 4.15. The normalized spacial score (nSPS) is 10.9. The molecule has 3 heteroatoms. The van der Waals surface area contributed by atoms with Crippen molar-refractivity contribution in [2.24, 2.45) is 0 Å². The molecule has 3 aromatic rings. The summed E-state index contributed by atoms with van der Waals surface area (Å²) in [7, 11) is 1.48. The zero-order chi connectivity index (χ0) is 14.1. The van der Waals surface area contributed by atoms with Gasteiger partial charge in [-0.2, -0.15) is 0 Å². The van der Waals surface area contributed by atoms with Crippen molar-refractivity contribution in [1.82, 2.24) is 4.57 Å². The fourth-order valence-corrected chi connectivity index (χ4v) is 2.45. The topological polar surface area (TPSA) is 14.2 Å². The van der Waals surface area contributed by atoms with Gasteiger partial charge in [0.05, 0.1) is 13.7 Å². The van der Waals surface area contributed by atoms with Gasteiger partial charge in [-0.3, -0.25) is 0 Å². The van der Waals surface area contributed by atoms with Gasteiger partial charge in [-0.15, -0.1) is 0 Å². The third-order valence-electron chi connectivity index (χ3n) is 3.53. The van der Waals surface area contributed by atoms with E-state index in [0.717, 1.165) is 5.52 Å². The monoisotopic (exact) mass is 269 g/mol. The molecule has 0 fully saturated rings. The van der Waals surface area contributed by atoms with Crippen LogP contribution < -0.4 is 4.74 Å². The lowest BCUT2D eigenvalue weighted by molar-refractivity contribution is 0.383. The fraction of sp³-hybridized carbons (Fsp3) is 0.176. The van der Waals surface area contributed by atoms with Crippen LogP contribution in [0.5, 0.6) is 5.75 Å². The maximum atomic E-state index is 14.2. The van der Waals surface area contributed by atoms with Crippen LogP contribution in [-0.4, -0.2) is 11.7 Å². The van der Waals surface area contributed by atoms with Crippen LogP contribution in [0.4, 0.5) is 4.39 Å². The molecule has 2 nitrogen and oxygen atoms in total. The molecular weight excluding hydrogens is 253 g/mol. The quantitative estimate of drug-likeness (QED) is 0.697. The molecule has 0 radical (unpaired) electrons. The summed E-state index contributed by atoms with van der Waals surface area (Å²) in [5.41, 5.74) is 2.94. The van der Waals surface area contributed by atoms with Crippen molar-refractivity contribution in [1.29, 1.82) is 0 Å². The molecule has 0 saturated carbocycles. The number of benzene rings is 2. The first-order valence-electron chi connectivity index (χ1n) is 6.56. The van der Waals surface area contributed by atoms with Crippen molar-refractivity contribution in [3.8, 4) is 5.75 Å². The molecule has 0 N–H and O–H groups in total. The Morgan fingerprint density at radius 2 is 2.00 bits per heavy atom. The first-order valence-corrected chi connectivity index (χ1v) is 6.56. The highest BCUT2D eigenvalue weighted by atomic mass is 19.1. The van der Waals surface area contributed by atoms with Crippen molar-refractivity contribution < 1.29 is 9.13 Å². The molecule has 0 aliphatic carbocycles. The van der Waals surface area contributed by atoms with E-state index in [9.17, 15) is 4.39 Å². The van der Waals surface area contributed by atoms with E-state index in [2.05, 4.69) is 29.7 Å². The van der Waals surface area contributed by atoms with Gasteiger partial charge in [0.15, 0.2) is 11.6 Å². The van der Waals surface area contributed by atoms with E-state index in [0.29, 0.717) is 12.1 Å². The summed E-state index contributed by atoms with van der Waals surface area (Å²) in [6, 6.07) is 13.6. The van der Waals surface area contributed by atoms with Crippen molar-refractivity contribution in [3.05, 3.63) is 65.6 Å². The Balaban J connectivity index is 2.03. The smallest absolute Gasteiger partial charge is 0.170 e. The lowest BCUT2D eigenvalue weighted by Gasteiger charge is -2.09. The third-order valence-corrected chi connectivity index (χ3v) is 3.53. The molecule has 1 aromatic heterocycles. The molecule has 2 aromatic carbocycles. The number of methoxy groups -OCH3 is 1. The molecule has 3 rings (SSSR count). The molecule has 0 aliphatic rings. The van der Waals surface area contributed by atoms with Gasteiger partial charge >= 0.3 is 0 Å². The summed E-state index contributed by atoms with van der Waals surface area (Å²) in [5, 5.41) is 1.17. The Morgan fingerprint density at radius 3 is 2.80 bits per heavy atom. The van der Waals surface area contributed by atoms with Crippen LogP contribution in [0.25, 0.3) is 10.9 Å². The van der Waals surface area contributed by atoms with Gasteiger partial charge in [-0.1, -0.05) is 24.3 Å². The van der Waals surface area contributed by atoms with E-state index < -0.39 is 0 Å². The number of aromatic nitrogens is 1. The van der Waals surface area contributed by atoms with Gasteiger partial charge < -0.3 is 9.30 Å². The number of fused-ring (bicyclic) bond motifs is 1. The third kappa shape index (κ3) is 2.16. The number of ether oxygens (including phenoxy) is 1. The number of halogens is 1. The number of hydrogen-bond acceptors (Lipinski definition) is 1. The molecule has 0 unspecified atom stereocenters. The van der Waals surface area contributed by atoms with Crippen LogP contribution in [0.2, 0.25) is 0 Å². The Hall–Kier alpha value is -2.29. The summed E-state index contributed by atoms with van der Waals surface area (Å²) in [4.78, 5) is 0. The summed E-state index contributed by atoms with van der Waals surface area (Å²) < 4.78 is 21.3. The van der Waals surface area contributed by atoms with E-state index in [4.69, 9.17) is 4.74 Å². The molecule has 102 valence electrons. The zero-order valence-corrected chi connectivity index (χ0v) is 11.6. The van der Waals surface area contributed by atoms with E-state index >= 15 is 0 Å². The van der Waals surface area contributed by atoms with Crippen LogP contribution >= 0.6 is 0 Å². The molecule has 0 bridgehead atoms. The number of aryl methyl sites for hydroxylation is 1. The van der Waals surface area contributed by atoms with Crippen molar-refractivity contribution in [2.75, 3.05) is 7.11 Å². The molecule has 0 saturated heterocycles. The molecule has 0 aliphatic heterocycles. The Morgan fingerprint density at radius 1 is 1.15 bits per heavy atom. The molecule has 1 heterocycles. The predicted molar refractivity (Wildman–Crippen MR) is 78.7 cm³/mol. The molecule has 0 amide bonds. The summed E-state index contributed by atoms with van der Waals surface area (Å²) in [6.07, 6.45) is 1.99. The van der Waals surface area contributed by atoms with Crippen molar-refractivity contribution >= 4 is 10.9 Å². The fourth-order valence-electron chi connectivity index (χ4n) is 2.45. The van der Waals surface area contributed by atoms with Gasteiger partial charge in [-0.25, -0.2) is 4.39 Å². The molecule has 0 atom stereocenters. The van der Waals surface area contributed by atoms with Crippen LogP contribution in [-0.2, 0) is 6.54 Å². The summed E-state index contributed by atoms with van der Waals surface area (Å²) in [6.45, 7) is 2.55. The first-order chi connectivity index (χ1) is 9.69. The van der Waals surface area contributed by atoms with Crippen molar-refractivity contribution in [3.63, 3.8) is 0 Å². The minimum atomic E-state index is -0.287. The minimum absolute atomic E-state index is 0.287. The standard InChI is InChI=1S/C17H16FNO/c1-12-6-7-13-8-9-19(15(13)10-12)11-14-4-3-5-16(20-2)17(14)18/h3-10H,11H2,1-2H3. The van der Waals surface area contributed by atoms with Crippen molar-refractivity contribution in [2.45, 2.75) is 13.5 Å². The van der Waals surface area contributed by atoms with Crippen LogP contribution in [0, 0.1) is 12.7 Å². The Labute approximate surface area is 117 Å². The highest BCUT2D eigenvalue weighted by Crippen LogP contribution is 2.23. The molecular formula is C17H16FNO. The van der Waals surface area contributed by atoms with Gasteiger partial charge in [0.2, 0.25) is 0 Å². The first kappa shape index (κ1) is 12.7. The number of nitrogens with zero attached hydrogens (tertiary/aromatic N) is 1. The number of hydrogen-bond donors (Lipinski definition) is 0. The summed E-state index contributed by atoms with van der Waals surface area (Å²) in [5.74, 6) is -0.000328. The van der Waals surface area contributed by atoms with E-state index in [1.807, 2.05) is 18.3 Å². The molecule has 0 spiro atoms. The van der Waals surface area contributed by atoms with E-state index in [1.165, 1.54) is 18.1 Å². The highest BCUT2D eigenvalue weighted by molar-refractivity contribution is 5.80. The maximum Gasteiger partial charge on any atom is 0.170 e. The number of rotatable bonds is 3. The maximum absolute atomic E-state index is 14.2. The minimum Gasteiger partial charge on any atom is -0.494 e. The lowest BCUT2D eigenvalue weighted by Crippen LogP contribution is -2.02. The zero-order valence-electron chi connectivity index (χ0n) is 11.6. The second-order valence-electron chi connectivity index (χ2n) is 4.94. The van der Waals surface area contributed by atoms with Gasteiger partial charge in [0.1, 0.15) is 0 Å². The second-order valence-corrected chi connectivity index (χ2v) is 4.94. The Kier molecular flexibility index (Phi) is 3.18. The van der Waals surface area contributed by atoms with Gasteiger partial charge in [-0.05, 0) is 36.1 Å². The van der Waals surface area contributed by atoms with Gasteiger partial charge in [0, 0.05) is 17.3 Å². The summed E-state index contributed by atoms with van der Waals surface area (Å²) >= 11 is 0. The molecule has 20 heavy (non-hydrogen) atoms. The van der Waals surface area contributed by atoms with Crippen LogP contribution in [0.3, 0.4) is 0 Å². The van der Waals surface area contributed by atoms with Gasteiger partial charge in [0.25, 0.3) is 0 Å². The average Bonchev–Trinajstić information content (AvgIpc) is 2.83. The lowest BCUT2D eigenvalue weighted by atomic mass is 10.1. The highest BCUT2D eigenvalue weighted by Gasteiger charge is 2.10. The van der Waals surface area contributed by atoms with Crippen LogP contribution in [0.1, 0.15) is 11.1 Å².